The molecular weight excluding hydrogens is 420 g/mol. The van der Waals surface area contributed by atoms with Crippen molar-refractivity contribution < 1.29 is 14.3 Å². The fraction of sp³-hybridized carbons (Fsp3) is 0.286. The molecule has 6 rings (SSSR count). The number of thioether (sulfide) groups is 1. The van der Waals surface area contributed by atoms with Crippen LogP contribution in [-0.4, -0.2) is 32.0 Å². The first-order chi connectivity index (χ1) is 14.7. The van der Waals surface area contributed by atoms with Crippen LogP contribution >= 0.6 is 23.1 Å². The van der Waals surface area contributed by atoms with Crippen molar-refractivity contribution in [2.24, 2.45) is 0 Å². The molecule has 9 heteroatoms. The van der Waals surface area contributed by atoms with Gasteiger partial charge in [-0.3, -0.25) is 9.20 Å². The van der Waals surface area contributed by atoms with Gasteiger partial charge in [-0.15, -0.1) is 10.2 Å². The second-order valence-corrected chi connectivity index (χ2v) is 9.44. The fourth-order valence-electron chi connectivity index (χ4n) is 4.07. The van der Waals surface area contributed by atoms with Crippen LogP contribution in [0, 0.1) is 0 Å². The number of anilines is 1. The number of ether oxygens (including phenoxy) is 2. The van der Waals surface area contributed by atoms with E-state index in [-0.39, 0.29) is 11.7 Å². The van der Waals surface area contributed by atoms with Gasteiger partial charge in [0.15, 0.2) is 16.7 Å². The van der Waals surface area contributed by atoms with Crippen LogP contribution in [0.25, 0.3) is 15.2 Å². The van der Waals surface area contributed by atoms with Crippen LogP contribution in [0.5, 0.6) is 11.5 Å². The summed E-state index contributed by atoms with van der Waals surface area (Å²) in [5.74, 6) is 1.09. The van der Waals surface area contributed by atoms with E-state index in [0.717, 1.165) is 46.6 Å². The van der Waals surface area contributed by atoms with Gasteiger partial charge in [-0.1, -0.05) is 35.2 Å². The minimum absolute atomic E-state index is 0.106. The van der Waals surface area contributed by atoms with Gasteiger partial charge in [0.05, 0.1) is 16.0 Å². The Morgan fingerprint density at radius 2 is 1.97 bits per heavy atom. The molecule has 0 bridgehead atoms. The number of thiazole rings is 1. The fourth-order valence-corrected chi connectivity index (χ4v) is 5.83. The van der Waals surface area contributed by atoms with E-state index in [2.05, 4.69) is 21.6 Å². The first-order valence-corrected chi connectivity index (χ1v) is 11.7. The van der Waals surface area contributed by atoms with E-state index in [1.807, 2.05) is 40.8 Å². The van der Waals surface area contributed by atoms with Gasteiger partial charge < -0.3 is 14.8 Å². The van der Waals surface area contributed by atoms with Crippen molar-refractivity contribution in [1.29, 1.82) is 0 Å². The lowest BCUT2D eigenvalue weighted by Gasteiger charge is -2.21. The Hall–Kier alpha value is -2.78. The van der Waals surface area contributed by atoms with Crippen LogP contribution in [0.3, 0.4) is 0 Å². The monoisotopic (exact) mass is 438 g/mol. The normalized spacial score (nSPS) is 16.7. The molecule has 152 valence electrons. The number of carbonyl (C=O) groups is 1. The molecule has 0 atom stereocenters. The number of nitrogens with one attached hydrogen (secondary N) is 1. The van der Waals surface area contributed by atoms with E-state index in [4.69, 9.17) is 9.47 Å². The topological polar surface area (TPSA) is 77.8 Å². The summed E-state index contributed by atoms with van der Waals surface area (Å²) >= 11 is 2.96. The molecule has 4 aromatic rings. The van der Waals surface area contributed by atoms with Gasteiger partial charge in [-0.25, -0.2) is 0 Å². The molecule has 1 amide bonds. The number of carbonyl (C=O) groups excluding carboxylic acids is 1. The predicted molar refractivity (Wildman–Crippen MR) is 117 cm³/mol. The molecule has 0 saturated heterocycles. The minimum atomic E-state index is -0.497. The van der Waals surface area contributed by atoms with Gasteiger partial charge in [-0.05, 0) is 37.1 Å². The molecule has 2 aliphatic rings. The zero-order valence-electron chi connectivity index (χ0n) is 16.0. The van der Waals surface area contributed by atoms with Crippen LogP contribution in [0.2, 0.25) is 0 Å². The summed E-state index contributed by atoms with van der Waals surface area (Å²) in [6, 6.07) is 13.6. The number of fused-ring (bicyclic) bond motifs is 4. The zero-order chi connectivity index (χ0) is 20.1. The minimum Gasteiger partial charge on any atom is -0.448 e. The molecule has 3 heterocycles. The first-order valence-electron chi connectivity index (χ1n) is 9.87. The molecule has 1 spiro atoms. The molecule has 1 aliphatic carbocycles. The Labute approximate surface area is 180 Å². The van der Waals surface area contributed by atoms with E-state index in [9.17, 15) is 4.79 Å². The second-order valence-electron chi connectivity index (χ2n) is 7.49. The third-order valence-electron chi connectivity index (χ3n) is 5.43. The molecule has 1 fully saturated rings. The maximum atomic E-state index is 12.5. The molecule has 2 aromatic heterocycles. The van der Waals surface area contributed by atoms with E-state index < -0.39 is 5.79 Å². The Bertz CT molecular complexity index is 1280. The molecular formula is C21H18N4O3S2. The summed E-state index contributed by atoms with van der Waals surface area (Å²) in [5.41, 5.74) is 1.76. The van der Waals surface area contributed by atoms with E-state index in [1.54, 1.807) is 11.3 Å². The van der Waals surface area contributed by atoms with Crippen molar-refractivity contribution in [1.82, 2.24) is 14.6 Å². The molecule has 30 heavy (non-hydrogen) atoms. The van der Waals surface area contributed by atoms with Crippen LogP contribution < -0.4 is 14.8 Å². The summed E-state index contributed by atoms with van der Waals surface area (Å²) in [4.78, 5) is 13.4. The number of rotatable bonds is 4. The second kappa shape index (κ2) is 6.88. The van der Waals surface area contributed by atoms with Gasteiger partial charge in [0.25, 0.3) is 5.79 Å². The number of aromatic nitrogens is 3. The molecule has 0 radical (unpaired) electrons. The van der Waals surface area contributed by atoms with Crippen molar-refractivity contribution in [3.8, 4) is 11.5 Å². The molecule has 2 aromatic carbocycles. The lowest BCUT2D eigenvalue weighted by atomic mass is 10.2. The van der Waals surface area contributed by atoms with E-state index >= 15 is 0 Å². The summed E-state index contributed by atoms with van der Waals surface area (Å²) in [6.45, 7) is 0. The van der Waals surface area contributed by atoms with E-state index in [1.165, 1.54) is 11.8 Å². The average Bonchev–Trinajstić information content (AvgIpc) is 3.50. The third kappa shape index (κ3) is 3.00. The number of para-hydroxylation sites is 1. The maximum absolute atomic E-state index is 12.5. The molecule has 1 aliphatic heterocycles. The van der Waals surface area contributed by atoms with Crippen LogP contribution in [0.15, 0.2) is 47.6 Å². The first kappa shape index (κ1) is 18.0. The van der Waals surface area contributed by atoms with Crippen molar-refractivity contribution in [2.45, 2.75) is 36.6 Å². The van der Waals surface area contributed by atoms with Crippen LogP contribution in [-0.2, 0) is 4.79 Å². The number of hydrogen-bond acceptors (Lipinski definition) is 7. The Morgan fingerprint density at radius 3 is 2.87 bits per heavy atom. The number of nitrogens with zero attached hydrogens (tertiary/aromatic N) is 3. The van der Waals surface area contributed by atoms with Gasteiger partial charge in [-0.2, -0.15) is 0 Å². The molecule has 1 N–H and O–H groups in total. The van der Waals surface area contributed by atoms with Gasteiger partial charge in [0.2, 0.25) is 10.9 Å². The van der Waals surface area contributed by atoms with Gasteiger partial charge in [0.1, 0.15) is 0 Å². The predicted octanol–water partition coefficient (Wildman–Crippen LogP) is 4.72. The Morgan fingerprint density at radius 1 is 1.13 bits per heavy atom. The average molecular weight is 439 g/mol. The lowest BCUT2D eigenvalue weighted by molar-refractivity contribution is -0.113. The van der Waals surface area contributed by atoms with Gasteiger partial charge >= 0.3 is 0 Å². The van der Waals surface area contributed by atoms with E-state index in [0.29, 0.717) is 16.6 Å². The summed E-state index contributed by atoms with van der Waals surface area (Å²) in [7, 11) is 0. The van der Waals surface area contributed by atoms with Crippen molar-refractivity contribution in [3.63, 3.8) is 0 Å². The Kier molecular flexibility index (Phi) is 4.14. The molecule has 0 unspecified atom stereocenters. The lowest BCUT2D eigenvalue weighted by Crippen LogP contribution is -2.34. The number of hydrogen-bond donors (Lipinski definition) is 1. The highest BCUT2D eigenvalue weighted by molar-refractivity contribution is 7.99. The highest BCUT2D eigenvalue weighted by Crippen LogP contribution is 2.47. The Balaban J connectivity index is 1.15. The number of benzene rings is 2. The largest absolute Gasteiger partial charge is 0.448 e. The molecule has 7 nitrogen and oxygen atoms in total. The summed E-state index contributed by atoms with van der Waals surface area (Å²) in [5, 5.41) is 12.1. The zero-order valence-corrected chi connectivity index (χ0v) is 17.6. The molecule has 1 saturated carbocycles. The quantitative estimate of drug-likeness (QED) is 0.465. The SMILES string of the molecule is O=C(CSc1nnc2sc3ccccc3n12)Nc1ccc2c(c1)OC1(CCCC1)O2. The standard InChI is InChI=1S/C21H18N4O3S2/c26-18(12-29-19-23-24-20-25(19)14-5-1-2-6-17(14)30-20)22-13-7-8-15-16(11-13)28-21(27-15)9-3-4-10-21/h1-2,5-8,11H,3-4,9-10,12H2,(H,22,26). The number of amides is 1. The van der Waals surface area contributed by atoms with Crippen molar-refractivity contribution in [2.75, 3.05) is 11.1 Å². The highest BCUT2D eigenvalue weighted by atomic mass is 32.2. The van der Waals surface area contributed by atoms with Crippen molar-refractivity contribution >= 4 is 49.9 Å². The smallest absolute Gasteiger partial charge is 0.251 e. The third-order valence-corrected chi connectivity index (χ3v) is 7.37. The summed E-state index contributed by atoms with van der Waals surface area (Å²) in [6.07, 6.45) is 4.04. The van der Waals surface area contributed by atoms with Gasteiger partial charge in [0, 0.05) is 24.6 Å². The highest BCUT2D eigenvalue weighted by Gasteiger charge is 2.44. The van der Waals surface area contributed by atoms with Crippen LogP contribution in [0.4, 0.5) is 5.69 Å². The van der Waals surface area contributed by atoms with Crippen LogP contribution in [0.1, 0.15) is 25.7 Å². The summed E-state index contributed by atoms with van der Waals surface area (Å²) < 4.78 is 15.2. The van der Waals surface area contributed by atoms with Crippen molar-refractivity contribution in [3.05, 3.63) is 42.5 Å². The maximum Gasteiger partial charge on any atom is 0.251 e.